The highest BCUT2D eigenvalue weighted by Crippen LogP contribution is 2.33. The molecule has 0 fully saturated rings. The molecule has 3 nitrogen and oxygen atoms in total. The van der Waals surface area contributed by atoms with Crippen molar-refractivity contribution in [1.29, 1.82) is 0 Å². The number of hydrogen-bond donors (Lipinski definition) is 0. The van der Waals surface area contributed by atoms with E-state index in [-0.39, 0.29) is 5.92 Å². The molecule has 3 rings (SSSR count). The summed E-state index contributed by atoms with van der Waals surface area (Å²) in [6.07, 6.45) is 3.38. The monoisotopic (exact) mass is 299 g/mol. The lowest BCUT2D eigenvalue weighted by Gasteiger charge is -2.11. The van der Waals surface area contributed by atoms with Crippen molar-refractivity contribution < 1.29 is 9.47 Å². The summed E-state index contributed by atoms with van der Waals surface area (Å²) in [6, 6.07) is 9.93. The minimum atomic E-state index is 0.249. The zero-order valence-electron chi connectivity index (χ0n) is 11.4. The highest BCUT2D eigenvalue weighted by atomic mass is 35.5. The summed E-state index contributed by atoms with van der Waals surface area (Å²) in [5, 5.41) is 0. The number of pyridine rings is 1. The van der Waals surface area contributed by atoms with Crippen molar-refractivity contribution in [2.75, 3.05) is 19.1 Å². The second kappa shape index (κ2) is 6.51. The molecule has 2 aromatic rings. The Morgan fingerprint density at radius 1 is 1.33 bits per heavy atom. The largest absolute Gasteiger partial charge is 0.493 e. The van der Waals surface area contributed by atoms with E-state index >= 15 is 0 Å². The van der Waals surface area contributed by atoms with Gasteiger partial charge < -0.3 is 9.47 Å². The third-order valence-electron chi connectivity index (χ3n) is 3.26. The van der Waals surface area contributed by atoms with Gasteiger partial charge in [0, 0.05) is 17.3 Å². The van der Waals surface area contributed by atoms with Crippen molar-refractivity contribution in [2.45, 2.75) is 5.92 Å². The summed E-state index contributed by atoms with van der Waals surface area (Å²) in [7, 11) is 0. The van der Waals surface area contributed by atoms with Crippen LogP contribution in [0.2, 0.25) is 0 Å². The summed E-state index contributed by atoms with van der Waals surface area (Å²) in [5.74, 6) is 7.95. The number of benzene rings is 1. The number of fused-ring (bicyclic) bond motifs is 1. The molecular formula is C17H14ClNO2. The van der Waals surface area contributed by atoms with Crippen LogP contribution >= 0.6 is 11.6 Å². The Balaban J connectivity index is 1.66. The van der Waals surface area contributed by atoms with Crippen LogP contribution in [0, 0.1) is 11.8 Å². The zero-order chi connectivity index (χ0) is 14.5. The smallest absolute Gasteiger partial charge is 0.138 e. The lowest BCUT2D eigenvalue weighted by Crippen LogP contribution is -2.11. The molecule has 0 N–H and O–H groups in total. The van der Waals surface area contributed by atoms with E-state index in [0.29, 0.717) is 24.8 Å². The van der Waals surface area contributed by atoms with Gasteiger partial charge in [0.15, 0.2) is 0 Å². The topological polar surface area (TPSA) is 31.4 Å². The van der Waals surface area contributed by atoms with Crippen LogP contribution in [-0.2, 0) is 0 Å². The van der Waals surface area contributed by atoms with Crippen LogP contribution in [-0.4, -0.2) is 24.1 Å². The van der Waals surface area contributed by atoms with Crippen LogP contribution in [0.5, 0.6) is 11.5 Å². The summed E-state index contributed by atoms with van der Waals surface area (Å²) < 4.78 is 11.5. The third-order valence-corrected chi connectivity index (χ3v) is 3.40. The molecule has 1 aliphatic heterocycles. The van der Waals surface area contributed by atoms with E-state index < -0.39 is 0 Å². The van der Waals surface area contributed by atoms with E-state index in [9.17, 15) is 0 Å². The maximum Gasteiger partial charge on any atom is 0.138 e. The first-order valence-corrected chi connectivity index (χ1v) is 7.24. The Morgan fingerprint density at radius 2 is 2.24 bits per heavy atom. The van der Waals surface area contributed by atoms with Gasteiger partial charge in [-0.05, 0) is 12.1 Å². The number of aromatic nitrogens is 1. The first kappa shape index (κ1) is 13.8. The first-order valence-electron chi connectivity index (χ1n) is 6.71. The zero-order valence-corrected chi connectivity index (χ0v) is 12.1. The Morgan fingerprint density at radius 3 is 3.14 bits per heavy atom. The summed E-state index contributed by atoms with van der Waals surface area (Å²) in [4.78, 5) is 4.13. The fourth-order valence-corrected chi connectivity index (χ4v) is 2.33. The van der Waals surface area contributed by atoms with Gasteiger partial charge in [-0.25, -0.2) is 0 Å². The Bertz CT molecular complexity index is 690. The van der Waals surface area contributed by atoms with Crippen LogP contribution in [0.3, 0.4) is 0 Å². The minimum Gasteiger partial charge on any atom is -0.493 e. The fourth-order valence-electron chi connectivity index (χ4n) is 2.27. The number of ether oxygens (including phenoxy) is 2. The number of hydrogen-bond acceptors (Lipinski definition) is 3. The average Bonchev–Trinajstić information content (AvgIpc) is 2.95. The summed E-state index contributed by atoms with van der Waals surface area (Å²) >= 11 is 5.55. The molecule has 0 saturated carbocycles. The second-order valence-electron chi connectivity index (χ2n) is 4.70. The molecule has 0 spiro atoms. The lowest BCUT2D eigenvalue weighted by atomic mass is 10.0. The minimum absolute atomic E-state index is 0.249. The van der Waals surface area contributed by atoms with E-state index in [2.05, 4.69) is 22.9 Å². The van der Waals surface area contributed by atoms with E-state index in [4.69, 9.17) is 21.1 Å². The highest BCUT2D eigenvalue weighted by molar-refractivity contribution is 6.19. The normalized spacial score (nSPS) is 15.6. The maximum absolute atomic E-state index is 5.82. The molecule has 1 aromatic carbocycles. The number of halogens is 1. The SMILES string of the molecule is ClCC#Cc1cncc(OCC2COc3ccccc32)c1. The quantitative estimate of drug-likeness (QED) is 0.644. The van der Waals surface area contributed by atoms with Gasteiger partial charge in [-0.1, -0.05) is 30.0 Å². The molecule has 106 valence electrons. The van der Waals surface area contributed by atoms with Gasteiger partial charge in [0.2, 0.25) is 0 Å². The second-order valence-corrected chi connectivity index (χ2v) is 4.97. The molecular weight excluding hydrogens is 286 g/mol. The van der Waals surface area contributed by atoms with Gasteiger partial charge in [0.1, 0.15) is 11.5 Å². The van der Waals surface area contributed by atoms with E-state index in [1.807, 2.05) is 24.3 Å². The average molecular weight is 300 g/mol. The fraction of sp³-hybridized carbons (Fsp3) is 0.235. The van der Waals surface area contributed by atoms with Gasteiger partial charge in [0.25, 0.3) is 0 Å². The number of rotatable bonds is 3. The van der Waals surface area contributed by atoms with Crippen molar-refractivity contribution in [1.82, 2.24) is 4.98 Å². The van der Waals surface area contributed by atoms with Gasteiger partial charge in [-0.15, -0.1) is 11.6 Å². The van der Waals surface area contributed by atoms with Crippen molar-refractivity contribution >= 4 is 11.6 Å². The van der Waals surface area contributed by atoms with Crippen LogP contribution < -0.4 is 9.47 Å². The van der Waals surface area contributed by atoms with Crippen LogP contribution in [0.25, 0.3) is 0 Å². The Hall–Kier alpha value is -2.18. The molecule has 0 bridgehead atoms. The molecule has 1 atom stereocenters. The van der Waals surface area contributed by atoms with Crippen molar-refractivity contribution in [3.05, 3.63) is 53.9 Å². The first-order chi connectivity index (χ1) is 10.4. The van der Waals surface area contributed by atoms with Crippen LogP contribution in [0.15, 0.2) is 42.7 Å². The number of para-hydroxylation sites is 1. The van der Waals surface area contributed by atoms with Crippen molar-refractivity contribution in [3.63, 3.8) is 0 Å². The molecule has 4 heteroatoms. The van der Waals surface area contributed by atoms with Crippen molar-refractivity contribution in [3.8, 4) is 23.3 Å². The lowest BCUT2D eigenvalue weighted by molar-refractivity contribution is 0.248. The Labute approximate surface area is 128 Å². The van der Waals surface area contributed by atoms with E-state index in [1.165, 1.54) is 5.56 Å². The van der Waals surface area contributed by atoms with Gasteiger partial charge in [0.05, 0.1) is 31.2 Å². The van der Waals surface area contributed by atoms with Crippen LogP contribution in [0.1, 0.15) is 17.0 Å². The third kappa shape index (κ3) is 3.29. The molecule has 0 saturated heterocycles. The molecule has 0 aliphatic carbocycles. The van der Waals surface area contributed by atoms with Crippen molar-refractivity contribution in [2.24, 2.45) is 0 Å². The standard InChI is InChI=1S/C17H14ClNO2/c18-7-3-4-13-8-15(10-19-9-13)20-11-14-12-21-17-6-2-1-5-16(14)17/h1-2,5-6,8-10,14H,7,11-12H2. The van der Waals surface area contributed by atoms with E-state index in [1.54, 1.807) is 12.4 Å². The molecule has 1 aromatic heterocycles. The molecule has 21 heavy (non-hydrogen) atoms. The van der Waals surface area contributed by atoms with E-state index in [0.717, 1.165) is 11.3 Å². The van der Waals surface area contributed by atoms with Gasteiger partial charge >= 0.3 is 0 Å². The summed E-state index contributed by atoms with van der Waals surface area (Å²) in [5.41, 5.74) is 2.00. The summed E-state index contributed by atoms with van der Waals surface area (Å²) in [6.45, 7) is 1.21. The molecule has 2 heterocycles. The predicted molar refractivity (Wildman–Crippen MR) is 82.0 cm³/mol. The molecule has 0 amide bonds. The number of nitrogens with zero attached hydrogens (tertiary/aromatic N) is 1. The number of alkyl halides is 1. The Kier molecular flexibility index (Phi) is 4.28. The molecule has 1 aliphatic rings. The maximum atomic E-state index is 5.82. The van der Waals surface area contributed by atoms with Gasteiger partial charge in [-0.3, -0.25) is 4.98 Å². The van der Waals surface area contributed by atoms with Crippen LogP contribution in [0.4, 0.5) is 0 Å². The van der Waals surface area contributed by atoms with Gasteiger partial charge in [-0.2, -0.15) is 0 Å². The predicted octanol–water partition coefficient (Wildman–Crippen LogP) is 3.23. The molecule has 1 unspecified atom stereocenters. The molecule has 0 radical (unpaired) electrons. The highest BCUT2D eigenvalue weighted by Gasteiger charge is 2.24.